The van der Waals surface area contributed by atoms with Crippen LogP contribution in [0.25, 0.3) is 0 Å². The van der Waals surface area contributed by atoms with Gasteiger partial charge in [0.25, 0.3) is 0 Å². The van der Waals surface area contributed by atoms with E-state index in [1.54, 1.807) is 39.0 Å². The second-order valence-corrected chi connectivity index (χ2v) is 5.82. The fourth-order valence-electron chi connectivity index (χ4n) is 1.14. The van der Waals surface area contributed by atoms with E-state index >= 15 is 0 Å². The van der Waals surface area contributed by atoms with Crippen LogP contribution in [0.4, 0.5) is 0 Å². The van der Waals surface area contributed by atoms with Gasteiger partial charge in [-0.15, -0.1) is 0 Å². The van der Waals surface area contributed by atoms with Crippen LogP contribution < -0.4 is 88.7 Å². The van der Waals surface area contributed by atoms with E-state index in [0.29, 0.717) is 23.6 Å². The summed E-state index contributed by atoms with van der Waals surface area (Å²) < 4.78 is 9.65. The molecule has 0 atom stereocenters. The zero-order valence-corrected chi connectivity index (χ0v) is 31.9. The summed E-state index contributed by atoms with van der Waals surface area (Å²) in [7, 11) is 0. The molecule has 0 spiro atoms. The van der Waals surface area contributed by atoms with Crippen molar-refractivity contribution in [3.63, 3.8) is 0 Å². The molecule has 2 heterocycles. The molecule has 0 saturated heterocycles. The van der Waals surface area contributed by atoms with Crippen LogP contribution >= 0.6 is 0 Å². The molecule has 0 aliphatic heterocycles. The molecule has 2 rings (SSSR count). The summed E-state index contributed by atoms with van der Waals surface area (Å²) in [4.78, 5) is 28.2. The summed E-state index contributed by atoms with van der Waals surface area (Å²) >= 11 is 0. The molecule has 0 aliphatic carbocycles. The second kappa shape index (κ2) is 67.9. The van der Waals surface area contributed by atoms with Crippen LogP contribution in [-0.4, -0.2) is 98.3 Å². The molecule has 41 heavy (non-hydrogen) atoms. The smallest absolute Gasteiger partial charge is 1.00 e. The topological polar surface area (TPSA) is 273 Å². The number of aliphatic hydroxyl groups is 5. The van der Waals surface area contributed by atoms with Crippen molar-refractivity contribution in [3.05, 3.63) is 47.3 Å². The van der Waals surface area contributed by atoms with E-state index in [1.165, 1.54) is 26.8 Å². The molecule has 0 unspecified atom stereocenters. The van der Waals surface area contributed by atoms with Gasteiger partial charge in [-0.2, -0.15) is 0 Å². The maximum absolute atomic E-state index is 9.96. The van der Waals surface area contributed by atoms with Gasteiger partial charge in [0.1, 0.15) is 49.2 Å². The van der Waals surface area contributed by atoms with Crippen molar-refractivity contribution in [2.75, 3.05) is 6.61 Å². The van der Waals surface area contributed by atoms with E-state index in [-0.39, 0.29) is 179 Å². The molecule has 0 saturated carbocycles. The number of hydrogen-bond acceptors (Lipinski definition) is 10. The predicted molar refractivity (Wildman–Crippen MR) is 150 cm³/mol. The molecule has 0 amide bonds. The minimum absolute atomic E-state index is 0. The van der Waals surface area contributed by atoms with Gasteiger partial charge < -0.3 is 64.7 Å². The number of Topliss-reactive ketones (excluding diaryl/α,β-unsaturated/α-hetero) is 1. The zero-order chi connectivity index (χ0) is 25.9. The van der Waals surface area contributed by atoms with E-state index < -0.39 is 0 Å². The normalized spacial score (nSPS) is 6.54. The van der Waals surface area contributed by atoms with Crippen LogP contribution in [0.5, 0.6) is 0 Å². The van der Waals surface area contributed by atoms with Crippen LogP contribution in [-0.2, 0) is 29.4 Å². The third-order valence-electron chi connectivity index (χ3n) is 1.98. The number of aldehydes is 2. The first-order valence-corrected chi connectivity index (χ1v) is 9.62. The zero-order valence-electron chi connectivity index (χ0n) is 28.9. The average Bonchev–Trinajstić information content (AvgIpc) is 3.38. The number of rotatable bonds is 4. The number of ketones is 1. The number of hydrogen-bond donors (Lipinski definition) is 5. The molecular formula is C22H47B3Na3O13. The van der Waals surface area contributed by atoms with Gasteiger partial charge in [0, 0.05) is 37.9 Å². The molecule has 0 aliphatic rings. The van der Waals surface area contributed by atoms with Crippen LogP contribution in [0.15, 0.2) is 33.1 Å². The minimum Gasteiger partial charge on any atom is -1.00 e. The third-order valence-corrected chi connectivity index (χ3v) is 1.98. The quantitative estimate of drug-likeness (QED) is 0.159. The Morgan fingerprint density at radius 2 is 0.976 bits per heavy atom. The van der Waals surface area contributed by atoms with Crippen LogP contribution in [0, 0.1) is 0 Å². The summed E-state index contributed by atoms with van der Waals surface area (Å²) in [5.74, 6) is 1.80. The summed E-state index contributed by atoms with van der Waals surface area (Å²) in [6, 6.07) is 6.33. The van der Waals surface area contributed by atoms with Gasteiger partial charge in [-0.25, -0.2) is 0 Å². The van der Waals surface area contributed by atoms with Crippen molar-refractivity contribution >= 4 is 43.6 Å². The summed E-state index contributed by atoms with van der Waals surface area (Å²) in [6.07, 6.45) is 1.18. The Morgan fingerprint density at radius 1 is 0.780 bits per heavy atom. The Hall–Kier alpha value is 0.445. The molecule has 2 aromatic heterocycles. The Bertz CT molecular complexity index is 685. The standard InChI is InChI=1S/C6H8O3.C6H6O3.C3H8O.C3H6O.C2H6O.C2H4O.3B.3Na.3H2O.3H/c2*7-3-5-1-2-6(4-8)9-5;2*1-3(2)4;2*1-2-3;;;;;;;;;;;;/h1-2,7-8H,3-4H2;1-3,8H,4H2;3-4H,1-2H3;1-2H3;3H,2H2,1H3;2H,1H3;;;;;;;3*1H2;;;/q;;;;;;;;;3*+1;;;;3*-1. The largest absolute Gasteiger partial charge is 1.00 e. The molecule has 225 valence electrons. The van der Waals surface area contributed by atoms with E-state index in [4.69, 9.17) is 39.2 Å². The van der Waals surface area contributed by atoms with Gasteiger partial charge in [-0.1, -0.05) is 0 Å². The van der Waals surface area contributed by atoms with Gasteiger partial charge in [0.05, 0.1) is 0 Å². The Morgan fingerprint density at radius 3 is 1.10 bits per heavy atom. The predicted octanol–water partition coefficient (Wildman–Crippen LogP) is -10.2. The Balaban J connectivity index is -0.0000000152. The monoisotopic (exact) mass is 621 g/mol. The first kappa shape index (κ1) is 83.8. The van der Waals surface area contributed by atoms with E-state index in [2.05, 4.69) is 0 Å². The SMILES string of the molecule is CC(C)=O.CC(C)O.CC=O.CCO.O.O.O.O=Cc1ccc(CO)o1.OCc1ccc(CO)o1.[B].[B].[B].[H-].[H-].[H-].[Na+].[Na+].[Na+]. The second-order valence-electron chi connectivity index (χ2n) is 5.82. The Kier molecular flexibility index (Phi) is 139. The van der Waals surface area contributed by atoms with Crippen LogP contribution in [0.3, 0.4) is 0 Å². The third kappa shape index (κ3) is 85.5. The summed E-state index contributed by atoms with van der Waals surface area (Å²) in [5.41, 5.74) is 0. The van der Waals surface area contributed by atoms with Crippen molar-refractivity contribution in [3.8, 4) is 0 Å². The molecule has 0 bridgehead atoms. The first-order valence-electron chi connectivity index (χ1n) is 9.62. The molecular weight excluding hydrogens is 574 g/mol. The van der Waals surface area contributed by atoms with Gasteiger partial charge >= 0.3 is 88.7 Å². The van der Waals surface area contributed by atoms with Crippen molar-refractivity contribution in [2.45, 2.75) is 67.5 Å². The van der Waals surface area contributed by atoms with Gasteiger partial charge in [0.2, 0.25) is 0 Å². The van der Waals surface area contributed by atoms with Gasteiger partial charge in [-0.3, -0.25) is 4.79 Å². The molecule has 19 heteroatoms. The number of aliphatic hydroxyl groups excluding tert-OH is 5. The maximum Gasteiger partial charge on any atom is 1.00 e. The minimum atomic E-state index is -0.167. The van der Waals surface area contributed by atoms with Crippen molar-refractivity contribution in [2.24, 2.45) is 0 Å². The molecule has 0 aromatic carbocycles. The Labute approximate surface area is 320 Å². The first-order chi connectivity index (χ1) is 15.0. The van der Waals surface area contributed by atoms with Crippen molar-refractivity contribution < 1.29 is 158 Å². The maximum atomic E-state index is 9.96. The molecule has 13 nitrogen and oxygen atoms in total. The average molecular weight is 621 g/mol. The van der Waals surface area contributed by atoms with Crippen LogP contribution in [0.2, 0.25) is 0 Å². The number of carbonyl (C=O) groups is 3. The van der Waals surface area contributed by atoms with Crippen molar-refractivity contribution in [1.29, 1.82) is 0 Å². The molecule has 2 aromatic rings. The van der Waals surface area contributed by atoms with E-state index in [1.807, 2.05) is 0 Å². The van der Waals surface area contributed by atoms with Crippen LogP contribution in [0.1, 0.15) is 73.7 Å². The van der Waals surface area contributed by atoms with E-state index in [9.17, 15) is 9.59 Å². The summed E-state index contributed by atoms with van der Waals surface area (Å²) in [6.45, 7) is 9.49. The number of furan rings is 2. The van der Waals surface area contributed by atoms with Crippen molar-refractivity contribution in [1.82, 2.24) is 0 Å². The van der Waals surface area contributed by atoms with Gasteiger partial charge in [-0.05, 0) is 65.8 Å². The molecule has 11 N–H and O–H groups in total. The number of carbonyl (C=O) groups excluding carboxylic acids is 3. The molecule has 9 radical (unpaired) electrons. The summed E-state index contributed by atoms with van der Waals surface area (Å²) in [5, 5.41) is 41.0. The van der Waals surface area contributed by atoms with E-state index in [0.717, 1.165) is 6.29 Å². The van der Waals surface area contributed by atoms with Gasteiger partial charge in [0.15, 0.2) is 12.0 Å². The molecule has 0 fully saturated rings. The fraction of sp³-hybridized carbons (Fsp3) is 0.500. The fourth-order valence-corrected chi connectivity index (χ4v) is 1.14.